The van der Waals surface area contributed by atoms with E-state index in [1.807, 2.05) is 32.0 Å². The van der Waals surface area contributed by atoms with E-state index in [4.69, 9.17) is 9.47 Å². The number of fused-ring (bicyclic) bond motifs is 1. The molecule has 2 aliphatic heterocycles. The Kier molecular flexibility index (Phi) is 4.64. The lowest BCUT2D eigenvalue weighted by atomic mass is 9.96. The van der Waals surface area contributed by atoms with Crippen LogP contribution in [-0.4, -0.2) is 58.6 Å². The third-order valence-corrected chi connectivity index (χ3v) is 5.87. The highest BCUT2D eigenvalue weighted by molar-refractivity contribution is 8.01. The van der Waals surface area contributed by atoms with Crippen LogP contribution in [-0.2, 0) is 19.1 Å². The SMILES string of the molecule is COC(=O)[C@@H]1N2C(=O)[C@H](NC(=O)COc3ccccc3)[C@@H]2SC1(C)C. The number of amides is 2. The molecule has 25 heavy (non-hydrogen) atoms. The molecule has 1 N–H and O–H groups in total. The van der Waals surface area contributed by atoms with Crippen LogP contribution >= 0.6 is 11.8 Å². The lowest BCUT2D eigenvalue weighted by Gasteiger charge is -2.43. The van der Waals surface area contributed by atoms with E-state index in [0.29, 0.717) is 5.75 Å². The normalized spacial score (nSPS) is 26.4. The molecule has 0 aliphatic carbocycles. The highest BCUT2D eigenvalue weighted by atomic mass is 32.2. The van der Waals surface area contributed by atoms with E-state index in [0.717, 1.165) is 0 Å². The number of carbonyl (C=O) groups is 3. The molecule has 0 radical (unpaired) electrons. The first-order valence-corrected chi connectivity index (χ1v) is 8.78. The first-order valence-electron chi connectivity index (χ1n) is 7.90. The molecule has 1 aromatic rings. The summed E-state index contributed by atoms with van der Waals surface area (Å²) in [5, 5.41) is 2.42. The summed E-state index contributed by atoms with van der Waals surface area (Å²) in [5.74, 6) is -0.500. The molecule has 1 aromatic carbocycles. The third-order valence-electron chi connectivity index (χ3n) is 4.30. The van der Waals surface area contributed by atoms with Gasteiger partial charge in [-0.3, -0.25) is 9.59 Å². The first-order chi connectivity index (χ1) is 11.8. The van der Waals surface area contributed by atoms with Gasteiger partial charge in [0.2, 0.25) is 5.91 Å². The minimum atomic E-state index is -0.647. The number of hydrogen-bond acceptors (Lipinski definition) is 6. The Morgan fingerprint density at radius 1 is 1.28 bits per heavy atom. The van der Waals surface area contributed by atoms with Crippen LogP contribution in [0.15, 0.2) is 30.3 Å². The average molecular weight is 364 g/mol. The van der Waals surface area contributed by atoms with E-state index in [1.165, 1.54) is 23.8 Å². The zero-order chi connectivity index (χ0) is 18.2. The maximum absolute atomic E-state index is 12.4. The Labute approximate surface area is 150 Å². The maximum atomic E-state index is 12.4. The molecule has 0 aromatic heterocycles. The van der Waals surface area contributed by atoms with Crippen molar-refractivity contribution in [1.29, 1.82) is 0 Å². The number of rotatable bonds is 5. The third kappa shape index (κ3) is 3.18. The Morgan fingerprint density at radius 3 is 2.60 bits per heavy atom. The van der Waals surface area contributed by atoms with Crippen LogP contribution in [0.2, 0.25) is 0 Å². The van der Waals surface area contributed by atoms with Gasteiger partial charge in [0, 0.05) is 4.75 Å². The number of benzene rings is 1. The minimum Gasteiger partial charge on any atom is -0.484 e. The van der Waals surface area contributed by atoms with Crippen molar-refractivity contribution in [3.8, 4) is 5.75 Å². The maximum Gasteiger partial charge on any atom is 0.330 e. The van der Waals surface area contributed by atoms with Gasteiger partial charge in [-0.2, -0.15) is 0 Å². The molecule has 2 fully saturated rings. The van der Waals surface area contributed by atoms with Crippen LogP contribution in [0.4, 0.5) is 0 Å². The van der Waals surface area contributed by atoms with Crippen molar-refractivity contribution in [2.45, 2.75) is 36.1 Å². The van der Waals surface area contributed by atoms with Crippen LogP contribution in [0.1, 0.15) is 13.8 Å². The number of nitrogens with one attached hydrogen (secondary N) is 1. The standard InChI is InChI=1S/C17H20N2O5S/c1-17(2)13(16(22)23-3)19-14(21)12(15(19)25-17)18-11(20)9-24-10-7-5-4-6-8-10/h4-8,12-13,15H,9H2,1-3H3,(H,18,20)/t12-,13-,15-/m0/s1. The Bertz CT molecular complexity index is 694. The van der Waals surface area contributed by atoms with Gasteiger partial charge in [-0.25, -0.2) is 4.79 Å². The second kappa shape index (κ2) is 6.59. The Balaban J connectivity index is 1.59. The lowest BCUT2D eigenvalue weighted by Crippen LogP contribution is -2.71. The Hall–Kier alpha value is -2.22. The summed E-state index contributed by atoms with van der Waals surface area (Å²) in [7, 11) is 1.31. The molecular formula is C17H20N2O5S. The second-order valence-electron chi connectivity index (χ2n) is 6.43. The van der Waals surface area contributed by atoms with Crippen LogP contribution in [0.25, 0.3) is 0 Å². The van der Waals surface area contributed by atoms with E-state index >= 15 is 0 Å². The predicted octanol–water partition coefficient (Wildman–Crippen LogP) is 0.786. The van der Waals surface area contributed by atoms with E-state index in [-0.39, 0.29) is 23.8 Å². The summed E-state index contributed by atoms with van der Waals surface area (Å²) in [6.07, 6.45) is 0. The smallest absolute Gasteiger partial charge is 0.330 e. The van der Waals surface area contributed by atoms with Crippen molar-refractivity contribution in [3.63, 3.8) is 0 Å². The first kappa shape index (κ1) is 17.6. The van der Waals surface area contributed by atoms with Crippen LogP contribution < -0.4 is 10.1 Å². The predicted molar refractivity (Wildman–Crippen MR) is 92.0 cm³/mol. The fraction of sp³-hybridized carbons (Fsp3) is 0.471. The van der Waals surface area contributed by atoms with Crippen LogP contribution in [0.3, 0.4) is 0 Å². The molecule has 0 unspecified atom stereocenters. The quantitative estimate of drug-likeness (QED) is 0.614. The largest absolute Gasteiger partial charge is 0.484 e. The highest BCUT2D eigenvalue weighted by Gasteiger charge is 2.64. The van der Waals surface area contributed by atoms with Crippen molar-refractivity contribution >= 4 is 29.5 Å². The topological polar surface area (TPSA) is 84.9 Å². The molecule has 7 nitrogen and oxygen atoms in total. The van der Waals surface area contributed by atoms with Gasteiger partial charge < -0.3 is 19.7 Å². The van der Waals surface area contributed by atoms with E-state index < -0.39 is 22.8 Å². The summed E-state index contributed by atoms with van der Waals surface area (Å²) < 4.78 is 9.73. The van der Waals surface area contributed by atoms with Gasteiger partial charge in [-0.1, -0.05) is 18.2 Å². The van der Waals surface area contributed by atoms with Gasteiger partial charge in [0.05, 0.1) is 7.11 Å². The monoisotopic (exact) mass is 364 g/mol. The van der Waals surface area contributed by atoms with Gasteiger partial charge in [-0.05, 0) is 26.0 Å². The number of carbonyl (C=O) groups excluding carboxylic acids is 3. The van der Waals surface area contributed by atoms with Crippen molar-refractivity contribution in [2.24, 2.45) is 0 Å². The molecule has 8 heteroatoms. The fourth-order valence-electron chi connectivity index (χ4n) is 3.12. The Morgan fingerprint density at radius 2 is 1.96 bits per heavy atom. The van der Waals surface area contributed by atoms with Gasteiger partial charge in [0.15, 0.2) is 6.61 Å². The number of nitrogens with zero attached hydrogens (tertiary/aromatic N) is 1. The molecule has 2 amide bonds. The summed E-state index contributed by atoms with van der Waals surface area (Å²) >= 11 is 1.49. The molecule has 2 aliphatic rings. The van der Waals surface area contributed by atoms with Gasteiger partial charge >= 0.3 is 5.97 Å². The summed E-state index contributed by atoms with van der Waals surface area (Å²) in [6.45, 7) is 3.61. The summed E-state index contributed by atoms with van der Waals surface area (Å²) in [5.41, 5.74) is 0. The average Bonchev–Trinajstić information content (AvgIpc) is 2.86. The molecule has 134 valence electrons. The van der Waals surface area contributed by atoms with E-state index in [9.17, 15) is 14.4 Å². The number of β-lactam (4-membered cyclic amide) rings is 1. The fourth-order valence-corrected chi connectivity index (χ4v) is 4.74. The highest BCUT2D eigenvalue weighted by Crippen LogP contribution is 2.50. The molecule has 3 rings (SSSR count). The van der Waals surface area contributed by atoms with Crippen LogP contribution in [0.5, 0.6) is 5.75 Å². The molecule has 0 saturated carbocycles. The molecule has 2 heterocycles. The van der Waals surface area contributed by atoms with E-state index in [2.05, 4.69) is 5.32 Å². The van der Waals surface area contributed by atoms with E-state index in [1.54, 1.807) is 12.1 Å². The number of hydrogen-bond donors (Lipinski definition) is 1. The molecule has 0 spiro atoms. The zero-order valence-electron chi connectivity index (χ0n) is 14.2. The minimum absolute atomic E-state index is 0.172. The lowest BCUT2D eigenvalue weighted by molar-refractivity contribution is -0.162. The summed E-state index contributed by atoms with van der Waals surface area (Å²) in [4.78, 5) is 38.0. The van der Waals surface area contributed by atoms with Crippen molar-refractivity contribution in [1.82, 2.24) is 10.2 Å². The van der Waals surface area contributed by atoms with Gasteiger partial charge in [-0.15, -0.1) is 11.8 Å². The van der Waals surface area contributed by atoms with Crippen molar-refractivity contribution in [2.75, 3.05) is 13.7 Å². The van der Waals surface area contributed by atoms with Crippen molar-refractivity contribution in [3.05, 3.63) is 30.3 Å². The van der Waals surface area contributed by atoms with Crippen molar-refractivity contribution < 1.29 is 23.9 Å². The molecule has 2 saturated heterocycles. The van der Waals surface area contributed by atoms with Gasteiger partial charge in [0.1, 0.15) is 23.2 Å². The van der Waals surface area contributed by atoms with Gasteiger partial charge in [0.25, 0.3) is 5.91 Å². The number of methoxy groups -OCH3 is 1. The van der Waals surface area contributed by atoms with Crippen LogP contribution in [0, 0.1) is 0 Å². The second-order valence-corrected chi connectivity index (χ2v) is 8.20. The summed E-state index contributed by atoms with van der Waals surface area (Å²) in [6, 6.07) is 7.68. The zero-order valence-corrected chi connectivity index (χ0v) is 15.0. The number of ether oxygens (including phenoxy) is 2. The molecule has 0 bridgehead atoms. The molecular weight excluding hydrogens is 344 g/mol. The number of thioether (sulfide) groups is 1. The number of esters is 1. The number of para-hydroxylation sites is 1. The molecule has 3 atom stereocenters.